The number of hydrogen-bond acceptors (Lipinski definition) is 3. The van der Waals surface area contributed by atoms with Crippen molar-refractivity contribution in [2.75, 3.05) is 5.73 Å². The first-order valence-electron chi connectivity index (χ1n) is 11.4. The zero-order valence-corrected chi connectivity index (χ0v) is 18.9. The van der Waals surface area contributed by atoms with Crippen LogP contribution in [-0.2, 0) is 24.2 Å². The van der Waals surface area contributed by atoms with Crippen molar-refractivity contribution in [1.29, 1.82) is 0 Å². The molecule has 2 aromatic heterocycles. The van der Waals surface area contributed by atoms with Gasteiger partial charge in [-0.2, -0.15) is 0 Å². The highest BCUT2D eigenvalue weighted by atomic mass is 16.1. The van der Waals surface area contributed by atoms with Crippen molar-refractivity contribution in [1.82, 2.24) is 4.98 Å². The molecule has 0 unspecified atom stereocenters. The molecule has 4 heteroatoms. The average molecular weight is 445 g/mol. The van der Waals surface area contributed by atoms with Crippen molar-refractivity contribution in [2.24, 2.45) is 0 Å². The van der Waals surface area contributed by atoms with Gasteiger partial charge in [-0.1, -0.05) is 66.7 Å². The molecule has 0 saturated heterocycles. The molecule has 3 aromatic carbocycles. The van der Waals surface area contributed by atoms with E-state index in [-0.39, 0.29) is 5.78 Å². The van der Waals surface area contributed by atoms with Gasteiger partial charge < -0.3 is 5.73 Å². The summed E-state index contributed by atoms with van der Waals surface area (Å²) in [6, 6.07) is 28.5. The van der Waals surface area contributed by atoms with Crippen molar-refractivity contribution >= 4 is 22.2 Å². The lowest BCUT2D eigenvalue weighted by atomic mass is 9.97. The number of aromatic nitrogens is 2. The molecular weight excluding hydrogens is 418 g/mol. The molecule has 0 aliphatic heterocycles. The van der Waals surface area contributed by atoms with E-state index >= 15 is 0 Å². The van der Waals surface area contributed by atoms with Crippen molar-refractivity contribution in [2.45, 2.75) is 19.4 Å². The molecule has 0 aliphatic carbocycles. The van der Waals surface area contributed by atoms with Crippen LogP contribution in [0.1, 0.15) is 16.7 Å². The van der Waals surface area contributed by atoms with E-state index in [0.29, 0.717) is 12.8 Å². The van der Waals surface area contributed by atoms with Crippen LogP contribution in [0.15, 0.2) is 110 Å². The number of nitrogen functional groups attached to an aromatic ring is 1. The van der Waals surface area contributed by atoms with Crippen LogP contribution in [0, 0.1) is 0 Å². The van der Waals surface area contributed by atoms with Crippen LogP contribution in [0.2, 0.25) is 0 Å². The second kappa shape index (κ2) is 9.67. The van der Waals surface area contributed by atoms with Gasteiger partial charge in [-0.25, -0.2) is 4.57 Å². The Labute approximate surface area is 199 Å². The van der Waals surface area contributed by atoms with E-state index in [9.17, 15) is 4.79 Å². The number of nitrogens with two attached hydrogens (primary N) is 1. The molecule has 5 aromatic rings. The van der Waals surface area contributed by atoms with Crippen LogP contribution in [-0.4, -0.2) is 10.8 Å². The molecule has 5 rings (SSSR count). The highest BCUT2D eigenvalue weighted by molar-refractivity contribution is 5.96. The van der Waals surface area contributed by atoms with Crippen LogP contribution >= 0.6 is 0 Å². The Morgan fingerprint density at radius 3 is 2.18 bits per heavy atom. The van der Waals surface area contributed by atoms with Gasteiger partial charge in [-0.3, -0.25) is 9.78 Å². The van der Waals surface area contributed by atoms with Crippen molar-refractivity contribution in [3.8, 4) is 11.1 Å². The number of Topliss-reactive ketones (excluding diaryl/α,β-unsaturated/α-hetero) is 1. The van der Waals surface area contributed by atoms with Crippen LogP contribution < -0.4 is 10.3 Å². The second-order valence-electron chi connectivity index (χ2n) is 8.62. The molecule has 0 aliphatic rings. The standard InChI is InChI=1S/C30H25N3O/c31-27-12-14-33(15-13-27)21-24-8-11-26-19-32-20-30(29(26)18-24)25-9-6-23(7-10-25)17-28(34)16-22-4-2-1-3-5-22/h1-15,18-20,31H,16-17,21H2/p+1. The minimum atomic E-state index is 0.218. The SMILES string of the molecule is Nc1cc[n+](Cc2ccc3cncc(-c4ccc(CC(=O)Cc5ccccc5)cc4)c3c2)cc1. The summed E-state index contributed by atoms with van der Waals surface area (Å²) in [6.07, 6.45) is 8.69. The van der Waals surface area contributed by atoms with Gasteiger partial charge in [0.15, 0.2) is 18.9 Å². The van der Waals surface area contributed by atoms with E-state index in [1.807, 2.05) is 79.4 Å². The molecule has 4 nitrogen and oxygen atoms in total. The van der Waals surface area contributed by atoms with E-state index in [1.165, 1.54) is 5.56 Å². The molecule has 0 saturated carbocycles. The first-order valence-corrected chi connectivity index (χ1v) is 11.4. The van der Waals surface area contributed by atoms with Crippen molar-refractivity contribution < 1.29 is 9.36 Å². The number of carbonyl (C=O) groups is 1. The third kappa shape index (κ3) is 5.02. The summed E-state index contributed by atoms with van der Waals surface area (Å²) in [5.74, 6) is 0.218. The third-order valence-corrected chi connectivity index (χ3v) is 6.02. The maximum absolute atomic E-state index is 12.5. The highest BCUT2D eigenvalue weighted by Gasteiger charge is 2.10. The quantitative estimate of drug-likeness (QED) is 0.352. The molecule has 34 heavy (non-hydrogen) atoms. The smallest absolute Gasteiger partial charge is 0.173 e. The van der Waals surface area contributed by atoms with Crippen molar-refractivity contribution in [3.05, 3.63) is 126 Å². The van der Waals surface area contributed by atoms with E-state index in [0.717, 1.165) is 45.3 Å². The van der Waals surface area contributed by atoms with Crippen LogP contribution in [0.4, 0.5) is 5.69 Å². The van der Waals surface area contributed by atoms with Gasteiger partial charge in [-0.15, -0.1) is 0 Å². The maximum atomic E-state index is 12.5. The number of rotatable bonds is 7. The summed E-state index contributed by atoms with van der Waals surface area (Å²) >= 11 is 0. The summed E-state index contributed by atoms with van der Waals surface area (Å²) in [5, 5.41) is 2.27. The van der Waals surface area contributed by atoms with Gasteiger partial charge in [0.25, 0.3) is 0 Å². The Hall–Kier alpha value is -4.31. The number of ketones is 1. The molecule has 166 valence electrons. The average Bonchev–Trinajstić information content (AvgIpc) is 2.86. The molecule has 0 radical (unpaired) electrons. The lowest BCUT2D eigenvalue weighted by Crippen LogP contribution is -2.33. The second-order valence-corrected chi connectivity index (χ2v) is 8.62. The third-order valence-electron chi connectivity index (χ3n) is 6.02. The molecular formula is C30H26N3O+. The van der Waals surface area contributed by atoms with Gasteiger partial charge >= 0.3 is 0 Å². The van der Waals surface area contributed by atoms with Crippen LogP contribution in [0.25, 0.3) is 21.9 Å². The lowest BCUT2D eigenvalue weighted by molar-refractivity contribution is -0.688. The number of nitrogens with zero attached hydrogens (tertiary/aromatic N) is 2. The Balaban J connectivity index is 1.36. The zero-order valence-electron chi connectivity index (χ0n) is 18.9. The molecule has 2 heterocycles. The Morgan fingerprint density at radius 1 is 0.765 bits per heavy atom. The summed E-state index contributed by atoms with van der Waals surface area (Å²) in [4.78, 5) is 17.0. The molecule has 0 amide bonds. The normalized spacial score (nSPS) is 10.9. The Bertz CT molecular complexity index is 1430. The summed E-state index contributed by atoms with van der Waals surface area (Å²) in [5.41, 5.74) is 12.0. The highest BCUT2D eigenvalue weighted by Crippen LogP contribution is 2.29. The minimum absolute atomic E-state index is 0.218. The summed E-state index contributed by atoms with van der Waals surface area (Å²) < 4.78 is 2.11. The first kappa shape index (κ1) is 21.5. The topological polar surface area (TPSA) is 59.9 Å². The molecule has 2 N–H and O–H groups in total. The predicted octanol–water partition coefficient (Wildman–Crippen LogP) is 5.17. The Morgan fingerprint density at radius 2 is 1.44 bits per heavy atom. The van der Waals surface area contributed by atoms with E-state index in [4.69, 9.17) is 5.73 Å². The molecule has 0 bridgehead atoms. The first-order chi connectivity index (χ1) is 16.6. The van der Waals surface area contributed by atoms with Crippen molar-refractivity contribution in [3.63, 3.8) is 0 Å². The molecule has 0 fully saturated rings. The molecule has 0 atom stereocenters. The van der Waals surface area contributed by atoms with Gasteiger partial charge in [0.2, 0.25) is 0 Å². The van der Waals surface area contributed by atoms with Gasteiger partial charge in [-0.05, 0) is 28.1 Å². The fourth-order valence-corrected chi connectivity index (χ4v) is 4.24. The fraction of sp³-hybridized carbons (Fsp3) is 0.100. The Kier molecular flexibility index (Phi) is 6.13. The van der Waals surface area contributed by atoms with Gasteiger partial charge in [0.05, 0.1) is 0 Å². The summed E-state index contributed by atoms with van der Waals surface area (Å²) in [7, 11) is 0. The summed E-state index contributed by atoms with van der Waals surface area (Å²) in [6.45, 7) is 0.764. The number of hydrogen-bond donors (Lipinski definition) is 1. The number of carbonyl (C=O) groups excluding carboxylic acids is 1. The number of anilines is 1. The fourth-order valence-electron chi connectivity index (χ4n) is 4.24. The number of benzene rings is 3. The van der Waals surface area contributed by atoms with Crippen LogP contribution in [0.5, 0.6) is 0 Å². The van der Waals surface area contributed by atoms with E-state index in [2.05, 4.69) is 39.9 Å². The minimum Gasteiger partial charge on any atom is -0.398 e. The lowest BCUT2D eigenvalue weighted by Gasteiger charge is -2.09. The zero-order chi connectivity index (χ0) is 23.3. The van der Waals surface area contributed by atoms with Crippen LogP contribution in [0.3, 0.4) is 0 Å². The van der Waals surface area contributed by atoms with Gasteiger partial charge in [0, 0.05) is 59.6 Å². The predicted molar refractivity (Wildman–Crippen MR) is 136 cm³/mol. The number of fused-ring (bicyclic) bond motifs is 1. The van der Waals surface area contributed by atoms with Gasteiger partial charge in [0.1, 0.15) is 5.78 Å². The van der Waals surface area contributed by atoms with E-state index in [1.54, 1.807) is 0 Å². The largest absolute Gasteiger partial charge is 0.398 e. The monoisotopic (exact) mass is 444 g/mol. The number of pyridine rings is 2. The molecule has 0 spiro atoms. The maximum Gasteiger partial charge on any atom is 0.173 e. The van der Waals surface area contributed by atoms with E-state index < -0.39 is 0 Å².